The molecule has 4 N–H and O–H groups in total. The molecule has 3 rings (SSSR count). The molecule has 1 atom stereocenters. The lowest BCUT2D eigenvalue weighted by Gasteiger charge is -2.17. The van der Waals surface area contributed by atoms with E-state index in [0.29, 0.717) is 11.5 Å². The molecule has 0 aliphatic heterocycles. The van der Waals surface area contributed by atoms with Crippen LogP contribution in [0, 0.1) is 29.4 Å². The molecule has 1 fully saturated rings. The summed E-state index contributed by atoms with van der Waals surface area (Å²) in [6.45, 7) is 6.79. The van der Waals surface area contributed by atoms with Gasteiger partial charge in [0.2, 0.25) is 0 Å². The van der Waals surface area contributed by atoms with Crippen LogP contribution >= 0.6 is 11.3 Å². The van der Waals surface area contributed by atoms with Gasteiger partial charge in [-0.05, 0) is 56.9 Å². The lowest BCUT2D eigenvalue weighted by molar-refractivity contribution is 0.297. The van der Waals surface area contributed by atoms with Crippen LogP contribution in [-0.2, 0) is 15.6 Å². The number of nitrogens with one attached hydrogen (secondary N) is 4. The zero-order chi connectivity index (χ0) is 18.1. The van der Waals surface area contributed by atoms with Crippen LogP contribution in [0.2, 0.25) is 0 Å². The summed E-state index contributed by atoms with van der Waals surface area (Å²) in [6.07, 6.45) is 7.22. The van der Waals surface area contributed by atoms with Gasteiger partial charge in [0.25, 0.3) is 0 Å². The first-order valence-electron chi connectivity index (χ1n) is 8.17. The molecule has 2 aliphatic carbocycles. The lowest BCUT2D eigenvalue weighted by Crippen LogP contribution is -2.20. The quantitative estimate of drug-likeness (QED) is 0.411. The number of allylic oxidation sites excluding steroid dienone is 5. The van der Waals surface area contributed by atoms with E-state index in [9.17, 15) is 0 Å². The van der Waals surface area contributed by atoms with Crippen molar-refractivity contribution >= 4 is 44.4 Å². The van der Waals surface area contributed by atoms with Crippen molar-refractivity contribution in [3.63, 3.8) is 0 Å². The molecule has 1 unspecified atom stereocenters. The van der Waals surface area contributed by atoms with Crippen molar-refractivity contribution in [3.8, 4) is 0 Å². The molecule has 0 bridgehead atoms. The summed E-state index contributed by atoms with van der Waals surface area (Å²) in [5, 5.41) is 16.8. The highest BCUT2D eigenvalue weighted by Crippen LogP contribution is 2.44. The fraction of sp³-hybridized carbons (Fsp3) is 0.333. The second-order valence-electron chi connectivity index (χ2n) is 5.94. The van der Waals surface area contributed by atoms with Gasteiger partial charge in [0.05, 0.1) is 28.5 Å². The maximum atomic E-state index is 8.49. The Balaban J connectivity index is 1.95. The van der Waals surface area contributed by atoms with Crippen molar-refractivity contribution in [2.24, 2.45) is 0 Å². The van der Waals surface area contributed by atoms with Crippen LogP contribution in [0.3, 0.4) is 0 Å². The Morgan fingerprint density at radius 2 is 2.04 bits per heavy atom. The summed E-state index contributed by atoms with van der Waals surface area (Å²) in [7, 11) is -1.10. The van der Waals surface area contributed by atoms with Gasteiger partial charge in [-0.3, -0.25) is 15.6 Å². The largest absolute Gasteiger partial charge is 0.493 e. The van der Waals surface area contributed by atoms with Gasteiger partial charge in [-0.15, -0.1) is 11.3 Å². The predicted molar refractivity (Wildman–Crippen MR) is 108 cm³/mol. The average molecular weight is 375 g/mol. The molecular formula is C18H22N4OS2. The highest BCUT2D eigenvalue weighted by atomic mass is 32.2. The Labute approximate surface area is 154 Å². The molecule has 1 heterocycles. The fourth-order valence-electron chi connectivity index (χ4n) is 2.61. The van der Waals surface area contributed by atoms with Crippen molar-refractivity contribution in [2.45, 2.75) is 33.6 Å². The van der Waals surface area contributed by atoms with Gasteiger partial charge in [-0.25, -0.2) is 0 Å². The second-order valence-corrected chi connectivity index (χ2v) is 8.42. The first kappa shape index (κ1) is 17.8. The van der Waals surface area contributed by atoms with Gasteiger partial charge in [0.15, 0.2) is 0 Å². The molecule has 7 heteroatoms. The van der Waals surface area contributed by atoms with E-state index in [2.05, 4.69) is 18.6 Å². The molecule has 1 aromatic heterocycles. The first-order valence-corrected chi connectivity index (χ1v) is 10.2. The number of hydrogen-bond acceptors (Lipinski definition) is 5. The van der Waals surface area contributed by atoms with E-state index < -0.39 is 10.9 Å². The minimum absolute atomic E-state index is 0.116. The molecule has 132 valence electrons. The van der Waals surface area contributed by atoms with Gasteiger partial charge in [0.1, 0.15) is 10.8 Å². The number of aryl methyl sites for hydroxylation is 1. The third-order valence-electron chi connectivity index (χ3n) is 4.16. The second kappa shape index (κ2) is 7.09. The number of anilines is 1. The summed E-state index contributed by atoms with van der Waals surface area (Å²) in [4.78, 5) is 1.74. The van der Waals surface area contributed by atoms with E-state index >= 15 is 0 Å². The Hall–Kier alpha value is -1.99. The molecule has 0 saturated heterocycles. The van der Waals surface area contributed by atoms with Gasteiger partial charge in [-0.1, -0.05) is 6.08 Å². The molecule has 0 aromatic carbocycles. The molecule has 2 aliphatic rings. The summed E-state index contributed by atoms with van der Waals surface area (Å²) < 4.78 is 17.7. The smallest absolute Gasteiger partial charge is 0.128 e. The SMILES string of the molecule is CCOC(=C1CC1)c1c(NS(=N)C2=CC=CC(=N)C2=N)sc(C)c1C. The minimum atomic E-state index is -1.10. The van der Waals surface area contributed by atoms with Gasteiger partial charge >= 0.3 is 0 Å². The topological polar surface area (TPSA) is 92.8 Å². The van der Waals surface area contributed by atoms with E-state index in [1.54, 1.807) is 29.6 Å². The Kier molecular flexibility index (Phi) is 5.06. The summed E-state index contributed by atoms with van der Waals surface area (Å²) >= 11 is 1.63. The predicted octanol–water partition coefficient (Wildman–Crippen LogP) is 5.11. The van der Waals surface area contributed by atoms with E-state index in [0.717, 1.165) is 29.2 Å². The maximum absolute atomic E-state index is 8.49. The van der Waals surface area contributed by atoms with E-state index in [4.69, 9.17) is 20.3 Å². The number of hydrogen-bond donors (Lipinski definition) is 4. The van der Waals surface area contributed by atoms with Gasteiger partial charge in [0, 0.05) is 15.8 Å². The van der Waals surface area contributed by atoms with Crippen LogP contribution < -0.4 is 4.72 Å². The van der Waals surface area contributed by atoms with Crippen molar-refractivity contribution in [2.75, 3.05) is 11.3 Å². The zero-order valence-corrected chi connectivity index (χ0v) is 16.2. The van der Waals surface area contributed by atoms with Crippen molar-refractivity contribution in [1.82, 2.24) is 0 Å². The molecule has 0 spiro atoms. The Morgan fingerprint density at radius 3 is 2.68 bits per heavy atom. The van der Waals surface area contributed by atoms with Gasteiger partial charge < -0.3 is 9.46 Å². The van der Waals surface area contributed by atoms with Crippen molar-refractivity contribution in [1.29, 1.82) is 15.6 Å². The van der Waals surface area contributed by atoms with Crippen LogP contribution in [0.1, 0.15) is 35.8 Å². The Bertz CT molecular complexity index is 868. The zero-order valence-electron chi connectivity index (χ0n) is 14.6. The van der Waals surface area contributed by atoms with Crippen LogP contribution in [0.4, 0.5) is 5.00 Å². The van der Waals surface area contributed by atoms with Crippen LogP contribution in [0.25, 0.3) is 5.76 Å². The molecule has 25 heavy (non-hydrogen) atoms. The normalized spacial score (nSPS) is 17.4. The molecule has 5 nitrogen and oxygen atoms in total. The van der Waals surface area contributed by atoms with E-state index in [1.807, 2.05) is 6.92 Å². The molecule has 0 radical (unpaired) electrons. The number of thiophene rings is 1. The Morgan fingerprint density at radius 1 is 1.32 bits per heavy atom. The van der Waals surface area contributed by atoms with Crippen LogP contribution in [0.5, 0.6) is 0 Å². The van der Waals surface area contributed by atoms with E-state index in [1.165, 1.54) is 16.0 Å². The summed E-state index contributed by atoms with van der Waals surface area (Å²) in [5.74, 6) is 0.962. The molecule has 1 aromatic rings. The fourth-order valence-corrected chi connectivity index (χ4v) is 4.86. The third kappa shape index (κ3) is 3.52. The highest BCUT2D eigenvalue weighted by molar-refractivity contribution is 7.92. The number of ether oxygens (including phenoxy) is 1. The summed E-state index contributed by atoms with van der Waals surface area (Å²) in [6, 6.07) is 0. The average Bonchev–Trinajstić information content (AvgIpc) is 3.37. The molecular weight excluding hydrogens is 352 g/mol. The summed E-state index contributed by atoms with van der Waals surface area (Å²) in [5.41, 5.74) is 3.86. The number of rotatable bonds is 6. The highest BCUT2D eigenvalue weighted by Gasteiger charge is 2.27. The molecule has 0 amide bonds. The van der Waals surface area contributed by atoms with Gasteiger partial charge in [-0.2, -0.15) is 0 Å². The van der Waals surface area contributed by atoms with E-state index in [-0.39, 0.29) is 11.4 Å². The van der Waals surface area contributed by atoms with Crippen LogP contribution in [0.15, 0.2) is 28.7 Å². The maximum Gasteiger partial charge on any atom is 0.128 e. The van der Waals surface area contributed by atoms with Crippen LogP contribution in [-0.4, -0.2) is 18.0 Å². The third-order valence-corrected chi connectivity index (χ3v) is 6.60. The first-order chi connectivity index (χ1) is 11.9. The minimum Gasteiger partial charge on any atom is -0.493 e. The monoisotopic (exact) mass is 374 g/mol. The standard InChI is InChI=1S/C18H22N4OS2/c1-4-23-17(12-8-9-12)15-10(2)11(3)24-18(15)22-25(21)14-7-5-6-13(19)16(14)20/h5-7,19-20H,4,8-9H2,1-3H3,(H2,21,22). The molecule has 1 saturated carbocycles. The lowest BCUT2D eigenvalue weighted by atomic mass is 10.1. The van der Waals surface area contributed by atoms with Crippen molar-refractivity contribution < 1.29 is 4.74 Å². The van der Waals surface area contributed by atoms with Crippen molar-refractivity contribution in [3.05, 3.63) is 44.7 Å².